The molecular weight excluding hydrogens is 342 g/mol. The van der Waals surface area contributed by atoms with E-state index < -0.39 is 28.0 Å². The molecule has 0 spiro atoms. The number of aliphatic carboxylic acids is 1. The highest BCUT2D eigenvalue weighted by Gasteiger charge is 2.39. The molecule has 0 saturated carbocycles. The fourth-order valence-corrected chi connectivity index (χ4v) is 5.26. The average molecular weight is 365 g/mol. The average Bonchev–Trinajstić information content (AvgIpc) is 2.97. The summed E-state index contributed by atoms with van der Waals surface area (Å²) in [5, 5.41) is 14.4. The maximum absolute atomic E-state index is 13.1. The molecule has 0 amide bonds. The molecule has 1 N–H and O–H groups in total. The molecule has 8 heteroatoms. The van der Waals surface area contributed by atoms with Crippen LogP contribution < -0.4 is 0 Å². The van der Waals surface area contributed by atoms with E-state index in [1.54, 1.807) is 31.3 Å². The van der Waals surface area contributed by atoms with Crippen molar-refractivity contribution in [2.75, 3.05) is 6.54 Å². The van der Waals surface area contributed by atoms with Gasteiger partial charge in [0, 0.05) is 24.0 Å². The summed E-state index contributed by atoms with van der Waals surface area (Å²) < 4.78 is 29.3. The van der Waals surface area contributed by atoms with Gasteiger partial charge in [0.05, 0.1) is 22.5 Å². The van der Waals surface area contributed by atoms with Crippen LogP contribution in [0.25, 0.3) is 10.9 Å². The lowest BCUT2D eigenvalue weighted by Crippen LogP contribution is -2.48. The van der Waals surface area contributed by atoms with Crippen molar-refractivity contribution in [3.8, 4) is 0 Å². The Morgan fingerprint density at radius 1 is 1.36 bits per heavy atom. The van der Waals surface area contributed by atoms with Gasteiger partial charge in [0.2, 0.25) is 10.0 Å². The lowest BCUT2D eigenvalue weighted by molar-refractivity contribution is -0.144. The van der Waals surface area contributed by atoms with Gasteiger partial charge < -0.3 is 5.11 Å². The standard InChI is InChI=1S/C17H23N3O4S/c1-11(2)20-16-7-6-14(9-13(16)10-18-20)25(23,24)19-8-4-5-15(12(19)3)17(21)22/h6-7,9-12,15H,4-5,8H2,1-3H3,(H,21,22)/t12-,15-/m0/s1. The van der Waals surface area contributed by atoms with Crippen molar-refractivity contribution in [2.24, 2.45) is 5.92 Å². The number of hydrogen-bond donors (Lipinski definition) is 1. The third kappa shape index (κ3) is 3.04. The van der Waals surface area contributed by atoms with Gasteiger partial charge in [-0.3, -0.25) is 9.48 Å². The van der Waals surface area contributed by atoms with Gasteiger partial charge in [-0.1, -0.05) is 0 Å². The van der Waals surface area contributed by atoms with Crippen molar-refractivity contribution < 1.29 is 18.3 Å². The number of hydrogen-bond acceptors (Lipinski definition) is 4. The predicted octanol–water partition coefficient (Wildman–Crippen LogP) is 2.49. The normalized spacial score (nSPS) is 22.6. The molecule has 25 heavy (non-hydrogen) atoms. The van der Waals surface area contributed by atoms with Crippen LogP contribution >= 0.6 is 0 Å². The molecule has 1 saturated heterocycles. The highest BCUT2D eigenvalue weighted by atomic mass is 32.2. The molecule has 1 aromatic carbocycles. The van der Waals surface area contributed by atoms with Crippen LogP contribution in [0.2, 0.25) is 0 Å². The zero-order valence-corrected chi connectivity index (χ0v) is 15.4. The molecule has 7 nitrogen and oxygen atoms in total. The van der Waals surface area contributed by atoms with Gasteiger partial charge in [-0.05, 0) is 51.8 Å². The molecule has 136 valence electrons. The Morgan fingerprint density at radius 3 is 2.72 bits per heavy atom. The molecule has 2 heterocycles. The van der Waals surface area contributed by atoms with E-state index in [9.17, 15) is 18.3 Å². The third-order valence-corrected chi connectivity index (χ3v) is 6.89. The number of sulfonamides is 1. The molecule has 0 bridgehead atoms. The van der Waals surface area contributed by atoms with E-state index in [0.717, 1.165) is 10.9 Å². The first-order chi connectivity index (χ1) is 11.7. The number of fused-ring (bicyclic) bond motifs is 1. The van der Waals surface area contributed by atoms with Gasteiger partial charge in [-0.2, -0.15) is 9.40 Å². The lowest BCUT2D eigenvalue weighted by atomic mass is 9.92. The summed E-state index contributed by atoms with van der Waals surface area (Å²) in [6, 6.07) is 4.57. The summed E-state index contributed by atoms with van der Waals surface area (Å²) in [6.07, 6.45) is 2.71. The quantitative estimate of drug-likeness (QED) is 0.898. The second-order valence-corrected chi connectivity index (χ2v) is 8.74. The number of carboxylic acids is 1. The summed E-state index contributed by atoms with van der Waals surface area (Å²) in [4.78, 5) is 11.6. The minimum Gasteiger partial charge on any atom is -0.481 e. The van der Waals surface area contributed by atoms with Crippen LogP contribution in [-0.2, 0) is 14.8 Å². The minimum atomic E-state index is -3.75. The smallest absolute Gasteiger partial charge is 0.308 e. The maximum atomic E-state index is 13.1. The van der Waals surface area contributed by atoms with Gasteiger partial charge >= 0.3 is 5.97 Å². The topological polar surface area (TPSA) is 92.5 Å². The Bertz CT molecular complexity index is 904. The highest BCUT2D eigenvalue weighted by molar-refractivity contribution is 7.89. The van der Waals surface area contributed by atoms with E-state index in [1.807, 2.05) is 18.5 Å². The molecule has 2 atom stereocenters. The number of benzene rings is 1. The molecule has 0 aliphatic carbocycles. The van der Waals surface area contributed by atoms with Crippen LogP contribution in [0.3, 0.4) is 0 Å². The Kier molecular flexibility index (Phi) is 4.59. The van der Waals surface area contributed by atoms with Crippen LogP contribution in [0.15, 0.2) is 29.3 Å². The van der Waals surface area contributed by atoms with Crippen molar-refractivity contribution >= 4 is 26.9 Å². The molecule has 1 aromatic heterocycles. The molecule has 1 aliphatic rings. The van der Waals surface area contributed by atoms with Gasteiger partial charge in [0.1, 0.15) is 0 Å². The van der Waals surface area contributed by atoms with Crippen LogP contribution in [0.5, 0.6) is 0 Å². The fraction of sp³-hybridized carbons (Fsp3) is 0.529. The first kappa shape index (κ1) is 17.9. The molecule has 2 aromatic rings. The van der Waals surface area contributed by atoms with E-state index in [-0.39, 0.29) is 10.9 Å². The predicted molar refractivity (Wildman–Crippen MR) is 93.8 cm³/mol. The summed E-state index contributed by atoms with van der Waals surface area (Å²) in [5.74, 6) is -1.61. The second kappa shape index (κ2) is 6.42. The zero-order chi connectivity index (χ0) is 18.4. The largest absolute Gasteiger partial charge is 0.481 e. The molecule has 0 unspecified atom stereocenters. The number of nitrogens with zero attached hydrogens (tertiary/aromatic N) is 3. The van der Waals surface area contributed by atoms with Gasteiger partial charge in [0.15, 0.2) is 0 Å². The fourth-order valence-electron chi connectivity index (χ4n) is 3.52. The number of rotatable bonds is 4. The van der Waals surface area contributed by atoms with Crippen LogP contribution in [0, 0.1) is 5.92 Å². The molecule has 0 radical (unpaired) electrons. The Hall–Kier alpha value is -1.93. The van der Waals surface area contributed by atoms with Gasteiger partial charge in [0.25, 0.3) is 0 Å². The van der Waals surface area contributed by atoms with E-state index in [1.165, 1.54) is 4.31 Å². The summed E-state index contributed by atoms with van der Waals surface area (Å²) in [5.41, 5.74) is 0.879. The van der Waals surface area contributed by atoms with Crippen molar-refractivity contribution in [1.29, 1.82) is 0 Å². The minimum absolute atomic E-state index is 0.179. The van der Waals surface area contributed by atoms with E-state index in [4.69, 9.17) is 0 Å². The lowest BCUT2D eigenvalue weighted by Gasteiger charge is -2.36. The van der Waals surface area contributed by atoms with Crippen molar-refractivity contribution in [3.63, 3.8) is 0 Å². The molecule has 1 fully saturated rings. The molecule has 1 aliphatic heterocycles. The molecular formula is C17H23N3O4S. The second-order valence-electron chi connectivity index (χ2n) is 6.85. The Morgan fingerprint density at radius 2 is 2.08 bits per heavy atom. The first-order valence-corrected chi connectivity index (χ1v) is 9.89. The number of carboxylic acid groups (broad SMARTS) is 1. The first-order valence-electron chi connectivity index (χ1n) is 8.45. The third-order valence-electron chi connectivity index (χ3n) is 4.91. The van der Waals surface area contributed by atoms with Crippen molar-refractivity contribution in [3.05, 3.63) is 24.4 Å². The SMILES string of the molecule is CC(C)n1ncc2cc(S(=O)(=O)N3CCC[C@H](C(=O)O)[C@@H]3C)ccc21. The highest BCUT2D eigenvalue weighted by Crippen LogP contribution is 2.30. The zero-order valence-electron chi connectivity index (χ0n) is 14.6. The van der Waals surface area contributed by atoms with Gasteiger partial charge in [-0.15, -0.1) is 0 Å². The number of piperidine rings is 1. The monoisotopic (exact) mass is 365 g/mol. The van der Waals surface area contributed by atoms with E-state index in [2.05, 4.69) is 5.10 Å². The van der Waals surface area contributed by atoms with Crippen molar-refractivity contribution in [1.82, 2.24) is 14.1 Å². The molecule has 3 rings (SSSR count). The maximum Gasteiger partial charge on any atom is 0.308 e. The number of aromatic nitrogens is 2. The summed E-state index contributed by atoms with van der Waals surface area (Å²) >= 11 is 0. The van der Waals surface area contributed by atoms with Crippen LogP contribution in [0.4, 0.5) is 0 Å². The van der Waals surface area contributed by atoms with Gasteiger partial charge in [-0.25, -0.2) is 8.42 Å². The van der Waals surface area contributed by atoms with Crippen LogP contribution in [-0.4, -0.2) is 46.2 Å². The van der Waals surface area contributed by atoms with E-state index >= 15 is 0 Å². The number of carbonyl (C=O) groups is 1. The van der Waals surface area contributed by atoms with E-state index in [0.29, 0.717) is 19.4 Å². The summed E-state index contributed by atoms with van der Waals surface area (Å²) in [6.45, 7) is 6.04. The Balaban J connectivity index is 1.99. The van der Waals surface area contributed by atoms with Crippen molar-refractivity contribution in [2.45, 2.75) is 50.6 Å². The summed E-state index contributed by atoms with van der Waals surface area (Å²) in [7, 11) is -3.75. The Labute approximate surface area is 147 Å². The van der Waals surface area contributed by atoms with Crippen LogP contribution in [0.1, 0.15) is 39.7 Å².